The van der Waals surface area contributed by atoms with Gasteiger partial charge in [0.2, 0.25) is 0 Å². The summed E-state index contributed by atoms with van der Waals surface area (Å²) in [6.07, 6.45) is 0. The molecule has 4 rings (SSSR count). The maximum Gasteiger partial charge on any atom is 0.115 e. The molecule has 2 aromatic rings. The third-order valence-electron chi connectivity index (χ3n) is 11.5. The van der Waals surface area contributed by atoms with Crippen molar-refractivity contribution in [3.8, 4) is 11.5 Å². The third-order valence-corrected chi connectivity index (χ3v) is 11.5. The van der Waals surface area contributed by atoms with Gasteiger partial charge >= 0.3 is 0 Å². The van der Waals surface area contributed by atoms with Crippen molar-refractivity contribution >= 4 is 0 Å². The summed E-state index contributed by atoms with van der Waals surface area (Å²) in [5, 5.41) is 46.6. The summed E-state index contributed by atoms with van der Waals surface area (Å²) < 4.78 is 0. The van der Waals surface area contributed by atoms with Gasteiger partial charge in [-0.05, 0) is 94.6 Å². The zero-order valence-electron chi connectivity index (χ0n) is 34.6. The molecule has 6 nitrogen and oxygen atoms in total. The van der Waals surface area contributed by atoms with Crippen molar-refractivity contribution in [3.05, 3.63) is 74.5 Å². The number of phenols is 2. The van der Waals surface area contributed by atoms with Crippen molar-refractivity contribution < 1.29 is 74.1 Å². The van der Waals surface area contributed by atoms with Gasteiger partial charge in [0.1, 0.15) is 11.5 Å². The van der Waals surface area contributed by atoms with E-state index < -0.39 is 0 Å². The van der Waals surface area contributed by atoms with E-state index in [1.54, 1.807) is 24.3 Å². The molecule has 288 valence electrons. The molecule has 0 radical (unpaired) electrons. The van der Waals surface area contributed by atoms with Crippen LogP contribution in [0.4, 0.5) is 0 Å². The van der Waals surface area contributed by atoms with E-state index in [-0.39, 0.29) is 75.2 Å². The Kier molecular flexibility index (Phi) is 42.9. The van der Waals surface area contributed by atoms with Crippen LogP contribution in [-0.4, -0.2) is 59.1 Å². The molecule has 0 unspecified atom stereocenters. The standard InChI is InChI=1S/C15H16O2.2C10H20.4CH4O.2CH3.2Ti/c1-15(2,11-3-7-13(16)8-4-11)12-5-9-14(17)10-6-12;2*1-6-7(2)9(4)10(5)8(6)3;4*1-2;;;;/h3-10,16-17H,1-2H3;2*6-10H,1-5H3;4*2H,1H3;2*1H3;;/q;;;;;;;2*-1;;. The van der Waals surface area contributed by atoms with E-state index in [0.717, 1.165) is 98.7 Å². The first-order valence-corrected chi connectivity index (χ1v) is 16.5. The van der Waals surface area contributed by atoms with Gasteiger partial charge in [0.15, 0.2) is 0 Å². The van der Waals surface area contributed by atoms with E-state index >= 15 is 0 Å². The average Bonchev–Trinajstić information content (AvgIpc) is 3.35. The number of hydrogen-bond donors (Lipinski definition) is 6. The fraction of sp³-hybridized carbons (Fsp3) is 0.659. The Bertz CT molecular complexity index is 804. The molecule has 0 heterocycles. The van der Waals surface area contributed by atoms with Crippen LogP contribution in [0, 0.1) is 74.0 Å². The molecule has 2 saturated carbocycles. The number of aliphatic hydroxyl groups is 4. The molecule has 0 bridgehead atoms. The number of aliphatic hydroxyl groups excluding tert-OH is 4. The van der Waals surface area contributed by atoms with Gasteiger partial charge in [0.05, 0.1) is 0 Å². The van der Waals surface area contributed by atoms with E-state index in [1.807, 2.05) is 24.3 Å². The third kappa shape index (κ3) is 19.1. The molecule has 2 aliphatic rings. The van der Waals surface area contributed by atoms with Crippen LogP contribution in [0.2, 0.25) is 0 Å². The van der Waals surface area contributed by atoms with Gasteiger partial charge in [-0.15, -0.1) is 0 Å². The Hall–Kier alpha value is -0.691. The van der Waals surface area contributed by atoms with E-state index in [2.05, 4.69) is 83.1 Å². The Balaban J connectivity index is -0.0000000975. The van der Waals surface area contributed by atoms with Crippen molar-refractivity contribution in [1.29, 1.82) is 0 Å². The van der Waals surface area contributed by atoms with Gasteiger partial charge in [-0.2, -0.15) is 0 Å². The normalized spacial score (nSPS) is 27.1. The Morgan fingerprint density at radius 3 is 0.592 bits per heavy atom. The summed E-state index contributed by atoms with van der Waals surface area (Å²) in [7, 11) is 4.00. The first kappa shape index (κ1) is 63.4. The monoisotopic (exact) mass is 762 g/mol. The van der Waals surface area contributed by atoms with Gasteiger partial charge in [-0.3, -0.25) is 0 Å². The topological polar surface area (TPSA) is 121 Å². The van der Waals surface area contributed by atoms with Crippen molar-refractivity contribution in [2.45, 2.75) is 88.5 Å². The molecule has 0 spiro atoms. The van der Waals surface area contributed by atoms with Crippen LogP contribution in [-0.2, 0) is 48.9 Å². The summed E-state index contributed by atoms with van der Waals surface area (Å²) in [6.45, 7) is 28.2. The molecule has 0 atom stereocenters. The van der Waals surface area contributed by atoms with Crippen LogP contribution in [0.15, 0.2) is 48.5 Å². The van der Waals surface area contributed by atoms with Gasteiger partial charge in [0.25, 0.3) is 0 Å². The van der Waals surface area contributed by atoms with Gasteiger partial charge < -0.3 is 45.5 Å². The number of benzene rings is 2. The van der Waals surface area contributed by atoms with E-state index in [1.165, 1.54) is 0 Å². The Morgan fingerprint density at radius 2 is 0.469 bits per heavy atom. The summed E-state index contributed by atoms with van der Waals surface area (Å²) in [5.74, 6) is 9.90. The second-order valence-electron chi connectivity index (χ2n) is 13.3. The van der Waals surface area contributed by atoms with Crippen molar-refractivity contribution in [2.24, 2.45) is 59.2 Å². The molecule has 0 amide bonds. The Morgan fingerprint density at radius 1 is 0.347 bits per heavy atom. The molecular weight excluding hydrogens is 684 g/mol. The largest absolute Gasteiger partial charge is 0.508 e. The van der Waals surface area contributed by atoms with Gasteiger partial charge in [0, 0.05) is 77.3 Å². The van der Waals surface area contributed by atoms with Gasteiger partial charge in [-0.1, -0.05) is 107 Å². The van der Waals surface area contributed by atoms with E-state index in [0.29, 0.717) is 0 Å². The van der Waals surface area contributed by atoms with Crippen LogP contribution < -0.4 is 0 Å². The summed E-state index contributed by atoms with van der Waals surface area (Å²) in [4.78, 5) is 0. The second kappa shape index (κ2) is 33.2. The quantitative estimate of drug-likeness (QED) is 0.134. The molecular formula is C41H78O6Ti2-2. The number of aromatic hydroxyl groups is 2. The first-order chi connectivity index (χ1) is 21.1. The minimum atomic E-state index is -0.151. The maximum atomic E-state index is 9.30. The number of phenolic OH excluding ortho intramolecular Hbond substituents is 2. The molecule has 2 fully saturated rings. The molecule has 0 aliphatic heterocycles. The maximum absolute atomic E-state index is 9.30. The minimum Gasteiger partial charge on any atom is -0.508 e. The van der Waals surface area contributed by atoms with Crippen LogP contribution in [0.1, 0.15) is 94.2 Å². The summed E-state index contributed by atoms with van der Waals surface area (Å²) in [6, 6.07) is 14.4. The smallest absolute Gasteiger partial charge is 0.115 e. The zero-order valence-corrected chi connectivity index (χ0v) is 37.7. The van der Waals surface area contributed by atoms with Gasteiger partial charge in [-0.25, -0.2) is 0 Å². The first-order valence-electron chi connectivity index (χ1n) is 16.5. The van der Waals surface area contributed by atoms with Crippen LogP contribution in [0.5, 0.6) is 11.5 Å². The Labute approximate surface area is 334 Å². The fourth-order valence-corrected chi connectivity index (χ4v) is 6.71. The van der Waals surface area contributed by atoms with Crippen LogP contribution in [0.3, 0.4) is 0 Å². The zero-order chi connectivity index (χ0) is 36.2. The van der Waals surface area contributed by atoms with E-state index in [4.69, 9.17) is 20.4 Å². The van der Waals surface area contributed by atoms with Crippen molar-refractivity contribution in [2.75, 3.05) is 28.4 Å². The molecule has 49 heavy (non-hydrogen) atoms. The second-order valence-corrected chi connectivity index (χ2v) is 13.3. The molecule has 0 saturated heterocycles. The molecule has 2 aromatic carbocycles. The van der Waals surface area contributed by atoms with Crippen LogP contribution >= 0.6 is 0 Å². The predicted octanol–water partition coefficient (Wildman–Crippen LogP) is 9.11. The van der Waals surface area contributed by atoms with E-state index in [9.17, 15) is 10.2 Å². The average molecular weight is 763 g/mol. The summed E-state index contributed by atoms with van der Waals surface area (Å²) >= 11 is 0. The van der Waals surface area contributed by atoms with Crippen molar-refractivity contribution in [3.63, 3.8) is 0 Å². The van der Waals surface area contributed by atoms with Crippen molar-refractivity contribution in [1.82, 2.24) is 0 Å². The summed E-state index contributed by atoms with van der Waals surface area (Å²) in [5.41, 5.74) is 2.10. The SMILES string of the molecule is CC(C)(c1ccc(O)cc1)c1ccc(O)cc1.CC1C(C)C(C)C(C)C1C.CC1C(C)C(C)C(C)C1C.CO.CO.CO.CO.[CH3-].[CH3-].[Ti].[Ti]. The fourth-order valence-electron chi connectivity index (χ4n) is 6.71. The number of rotatable bonds is 2. The molecule has 0 aromatic heterocycles. The molecule has 8 heteroatoms. The molecule has 2 aliphatic carbocycles. The number of hydrogen-bond acceptors (Lipinski definition) is 6. The predicted molar refractivity (Wildman–Crippen MR) is 205 cm³/mol. The minimum absolute atomic E-state index is 0. The van der Waals surface area contributed by atoms with Crippen LogP contribution in [0.25, 0.3) is 0 Å². The molecule has 6 N–H and O–H groups in total.